The molecule has 2 aliphatic heterocycles. The van der Waals surface area contributed by atoms with E-state index in [0.29, 0.717) is 46.8 Å². The average Bonchev–Trinajstić information content (AvgIpc) is 3.36. The number of carbonyl (C=O) groups is 1. The van der Waals surface area contributed by atoms with Gasteiger partial charge in [-0.3, -0.25) is 10.2 Å². The van der Waals surface area contributed by atoms with Crippen LogP contribution in [0.1, 0.15) is 11.1 Å². The van der Waals surface area contributed by atoms with Crippen LogP contribution in [-0.4, -0.2) is 54.4 Å². The number of hydrogen-bond donors (Lipinski definition) is 1. The number of rotatable bonds is 10. The lowest BCUT2D eigenvalue weighted by atomic mass is 10.1. The number of thioether (sulfide) groups is 1. The second-order valence-corrected chi connectivity index (χ2v) is 9.47. The average molecular weight is 543 g/mol. The van der Waals surface area contributed by atoms with Gasteiger partial charge in [0.05, 0.1) is 19.8 Å². The van der Waals surface area contributed by atoms with Crippen LogP contribution in [0.4, 0.5) is 0 Å². The molecule has 2 aliphatic rings. The van der Waals surface area contributed by atoms with E-state index in [4.69, 9.17) is 24.4 Å². The third kappa shape index (κ3) is 5.96. The Bertz CT molecular complexity index is 1490. The number of amides is 1. The number of methoxy groups -OCH3 is 2. The van der Waals surface area contributed by atoms with Gasteiger partial charge in [-0.2, -0.15) is 15.1 Å². The molecular formula is C29H26N4O5S. The molecule has 3 aromatic carbocycles. The van der Waals surface area contributed by atoms with Gasteiger partial charge in [0.15, 0.2) is 28.8 Å². The monoisotopic (exact) mass is 542 g/mol. The van der Waals surface area contributed by atoms with Crippen LogP contribution in [0.5, 0.6) is 23.0 Å². The van der Waals surface area contributed by atoms with E-state index in [0.717, 1.165) is 10.6 Å². The largest absolute Gasteiger partial charge is 0.493 e. The van der Waals surface area contributed by atoms with Gasteiger partial charge in [0.1, 0.15) is 18.3 Å². The minimum absolute atomic E-state index is 0.0201. The number of aliphatic imine (C=N–C) groups is 1. The van der Waals surface area contributed by atoms with E-state index in [1.807, 2.05) is 54.6 Å². The molecule has 0 saturated heterocycles. The number of ether oxygens (including phenoxy) is 4. The van der Waals surface area contributed by atoms with Crippen LogP contribution in [0.3, 0.4) is 0 Å². The summed E-state index contributed by atoms with van der Waals surface area (Å²) in [6.45, 7) is 0.591. The third-order valence-corrected chi connectivity index (χ3v) is 6.77. The fourth-order valence-corrected chi connectivity index (χ4v) is 4.89. The normalized spacial score (nSPS) is 15.5. The third-order valence-electron chi connectivity index (χ3n) is 5.86. The van der Waals surface area contributed by atoms with Crippen LogP contribution in [0.25, 0.3) is 6.08 Å². The lowest BCUT2D eigenvalue weighted by molar-refractivity contribution is -0.114. The molecule has 0 saturated carbocycles. The van der Waals surface area contributed by atoms with Gasteiger partial charge >= 0.3 is 0 Å². The molecule has 5 rings (SSSR count). The number of para-hydroxylation sites is 2. The zero-order valence-electron chi connectivity index (χ0n) is 21.4. The summed E-state index contributed by atoms with van der Waals surface area (Å²) in [7, 11) is 3.13. The van der Waals surface area contributed by atoms with E-state index < -0.39 is 5.91 Å². The summed E-state index contributed by atoms with van der Waals surface area (Å²) in [6.07, 6.45) is 2.21. The second-order valence-electron chi connectivity index (χ2n) is 8.43. The number of carbonyl (C=O) groups excluding carboxylic acids is 1. The van der Waals surface area contributed by atoms with Gasteiger partial charge in [-0.1, -0.05) is 48.5 Å². The van der Waals surface area contributed by atoms with Crippen LogP contribution in [0.15, 0.2) is 88.5 Å². The highest BCUT2D eigenvalue weighted by Crippen LogP contribution is 2.32. The Morgan fingerprint density at radius 2 is 1.54 bits per heavy atom. The van der Waals surface area contributed by atoms with Crippen molar-refractivity contribution in [2.75, 3.05) is 27.4 Å². The molecule has 1 amide bonds. The van der Waals surface area contributed by atoms with Gasteiger partial charge in [0.2, 0.25) is 5.17 Å². The number of hydrazone groups is 1. The molecule has 0 atom stereocenters. The summed E-state index contributed by atoms with van der Waals surface area (Å²) in [5.74, 6) is 1.80. The molecule has 9 nitrogen and oxygen atoms in total. The Labute approximate surface area is 230 Å². The number of benzene rings is 3. The molecule has 0 unspecified atom stereocenters. The number of hydrogen-bond acceptors (Lipinski definition) is 8. The van der Waals surface area contributed by atoms with Crippen molar-refractivity contribution in [3.05, 3.63) is 89.5 Å². The molecule has 0 fully saturated rings. The molecular weight excluding hydrogens is 516 g/mol. The highest BCUT2D eigenvalue weighted by molar-refractivity contribution is 8.26. The smallest absolute Gasteiger partial charge is 0.283 e. The number of amidine groups is 2. The van der Waals surface area contributed by atoms with Crippen molar-refractivity contribution in [3.8, 4) is 23.0 Å². The Balaban J connectivity index is 1.25. The molecule has 0 aliphatic carbocycles. The number of fused-ring (bicyclic) bond motifs is 1. The predicted molar refractivity (Wildman–Crippen MR) is 152 cm³/mol. The van der Waals surface area contributed by atoms with Crippen molar-refractivity contribution in [3.63, 3.8) is 0 Å². The van der Waals surface area contributed by atoms with Crippen LogP contribution in [0.2, 0.25) is 0 Å². The summed E-state index contributed by atoms with van der Waals surface area (Å²) >= 11 is 1.31. The molecule has 2 heterocycles. The van der Waals surface area contributed by atoms with Crippen molar-refractivity contribution >= 4 is 39.8 Å². The quantitative estimate of drug-likeness (QED) is 0.283. The minimum Gasteiger partial charge on any atom is -0.493 e. The molecule has 0 aromatic heterocycles. The lowest BCUT2D eigenvalue weighted by Crippen LogP contribution is -2.35. The minimum atomic E-state index is -0.484. The standard InChI is InChI=1S/C29H26N4O5S/c1-35-22-10-6-7-11-23(22)37-14-15-38-24-13-12-20(17-25(24)36-2)16-21-27(30)33-29(31-28(21)34)39-26(32-33)18-19-8-4-3-5-9-19/h3-13,16-17,30H,14-15,18H2,1-2H3/b21-16-,30-27?. The second kappa shape index (κ2) is 11.9. The predicted octanol–water partition coefficient (Wildman–Crippen LogP) is 5.02. The molecule has 1 N–H and O–H groups in total. The van der Waals surface area contributed by atoms with Crippen LogP contribution in [0, 0.1) is 5.41 Å². The van der Waals surface area contributed by atoms with E-state index in [1.54, 1.807) is 38.5 Å². The first-order valence-electron chi connectivity index (χ1n) is 12.2. The first kappa shape index (κ1) is 26.1. The fourth-order valence-electron chi connectivity index (χ4n) is 3.97. The fraction of sp³-hybridized carbons (Fsp3) is 0.172. The molecule has 0 radical (unpaired) electrons. The summed E-state index contributed by atoms with van der Waals surface area (Å²) in [5, 5.41) is 15.7. The highest BCUT2D eigenvalue weighted by atomic mass is 32.2. The summed E-state index contributed by atoms with van der Waals surface area (Å²) in [4.78, 5) is 17.0. The topological polar surface area (TPSA) is 106 Å². The van der Waals surface area contributed by atoms with Gasteiger partial charge in [-0.05, 0) is 53.2 Å². The zero-order valence-corrected chi connectivity index (χ0v) is 22.2. The molecule has 0 bridgehead atoms. The van der Waals surface area contributed by atoms with Gasteiger partial charge in [-0.15, -0.1) is 0 Å². The van der Waals surface area contributed by atoms with E-state index in [9.17, 15) is 4.79 Å². The zero-order chi connectivity index (χ0) is 27.2. The van der Waals surface area contributed by atoms with Crippen molar-refractivity contribution in [1.29, 1.82) is 5.41 Å². The summed E-state index contributed by atoms with van der Waals surface area (Å²) < 4.78 is 22.4. The lowest BCUT2D eigenvalue weighted by Gasteiger charge is -2.20. The first-order chi connectivity index (χ1) is 19.1. The van der Waals surface area contributed by atoms with Crippen LogP contribution in [-0.2, 0) is 11.2 Å². The molecule has 39 heavy (non-hydrogen) atoms. The van der Waals surface area contributed by atoms with Crippen molar-refractivity contribution in [2.24, 2.45) is 10.1 Å². The van der Waals surface area contributed by atoms with Crippen LogP contribution >= 0.6 is 11.8 Å². The van der Waals surface area contributed by atoms with E-state index >= 15 is 0 Å². The van der Waals surface area contributed by atoms with Crippen molar-refractivity contribution < 1.29 is 23.7 Å². The number of nitrogens with zero attached hydrogens (tertiary/aromatic N) is 3. The van der Waals surface area contributed by atoms with E-state index in [-0.39, 0.29) is 18.0 Å². The van der Waals surface area contributed by atoms with Crippen molar-refractivity contribution in [2.45, 2.75) is 6.42 Å². The highest BCUT2D eigenvalue weighted by Gasteiger charge is 2.35. The molecule has 3 aromatic rings. The SMILES string of the molecule is COc1ccccc1OCCOc1ccc(/C=C2/C(=N)N3N=C(Cc4ccccc4)SC3=NC2=O)cc1OC. The Morgan fingerprint density at radius 1 is 0.872 bits per heavy atom. The van der Waals surface area contributed by atoms with Gasteiger partial charge in [0, 0.05) is 6.42 Å². The van der Waals surface area contributed by atoms with E-state index in [2.05, 4.69) is 10.1 Å². The Hall–Kier alpha value is -4.57. The van der Waals surface area contributed by atoms with Gasteiger partial charge < -0.3 is 18.9 Å². The Morgan fingerprint density at radius 3 is 2.26 bits per heavy atom. The number of nitrogens with one attached hydrogen (secondary N) is 1. The van der Waals surface area contributed by atoms with E-state index in [1.165, 1.54) is 16.8 Å². The molecule has 198 valence electrons. The van der Waals surface area contributed by atoms with Crippen molar-refractivity contribution in [1.82, 2.24) is 5.01 Å². The van der Waals surface area contributed by atoms with Crippen LogP contribution < -0.4 is 18.9 Å². The maximum atomic E-state index is 12.8. The molecule has 0 spiro atoms. The van der Waals surface area contributed by atoms with Gasteiger partial charge in [-0.25, -0.2) is 0 Å². The maximum Gasteiger partial charge on any atom is 0.283 e. The first-order valence-corrected chi connectivity index (χ1v) is 13.0. The summed E-state index contributed by atoms with van der Waals surface area (Å²) in [5.41, 5.74) is 1.90. The summed E-state index contributed by atoms with van der Waals surface area (Å²) in [6, 6.07) is 22.6. The Kier molecular flexibility index (Phi) is 7.93. The molecule has 10 heteroatoms. The van der Waals surface area contributed by atoms with Gasteiger partial charge in [0.25, 0.3) is 5.91 Å². The maximum absolute atomic E-state index is 12.8.